The highest BCUT2D eigenvalue weighted by Crippen LogP contribution is 2.64. The van der Waals surface area contributed by atoms with Crippen LogP contribution >= 0.6 is 18.9 Å². The van der Waals surface area contributed by atoms with Gasteiger partial charge in [0.15, 0.2) is 0 Å². The fourth-order valence-corrected chi connectivity index (χ4v) is 7.28. The maximum absolute atomic E-state index is 13.8. The third-order valence-corrected chi connectivity index (χ3v) is 8.86. The first-order chi connectivity index (χ1) is 13.0. The van der Waals surface area contributed by atoms with Crippen LogP contribution in [-0.2, 0) is 20.0 Å². The molecule has 0 N–H and O–H groups in total. The van der Waals surface area contributed by atoms with E-state index >= 15 is 0 Å². The lowest BCUT2D eigenvalue weighted by Gasteiger charge is -2.27. The highest BCUT2D eigenvalue weighted by molar-refractivity contribution is 7.54. The van der Waals surface area contributed by atoms with Crippen molar-refractivity contribution in [1.29, 1.82) is 0 Å². The minimum Gasteiger partial charge on any atom is -0.308 e. The van der Waals surface area contributed by atoms with Gasteiger partial charge in [-0.2, -0.15) is 0 Å². The maximum Gasteiger partial charge on any atom is 0.339 e. The number of thiophene rings is 1. The van der Waals surface area contributed by atoms with Gasteiger partial charge in [0.25, 0.3) is 0 Å². The molecule has 3 aromatic rings. The Bertz CT molecular complexity index is 953. The SMILES string of the molecule is CCOP(=O)(OCC)C(Cc1ccccc1C)c1sc2ccccc2c1C. The molecule has 0 bridgehead atoms. The van der Waals surface area contributed by atoms with E-state index in [0.717, 1.165) is 4.88 Å². The molecule has 1 aromatic heterocycles. The van der Waals surface area contributed by atoms with E-state index < -0.39 is 7.60 Å². The van der Waals surface area contributed by atoms with E-state index in [1.807, 2.05) is 38.1 Å². The zero-order chi connectivity index (χ0) is 19.4. The van der Waals surface area contributed by atoms with Gasteiger partial charge in [0, 0.05) is 9.58 Å². The van der Waals surface area contributed by atoms with Crippen molar-refractivity contribution in [3.63, 3.8) is 0 Å². The molecule has 0 amide bonds. The Hall–Kier alpha value is -1.45. The molecule has 1 unspecified atom stereocenters. The Morgan fingerprint density at radius 3 is 2.22 bits per heavy atom. The molecule has 0 radical (unpaired) electrons. The van der Waals surface area contributed by atoms with Gasteiger partial charge >= 0.3 is 7.60 Å². The minimum absolute atomic E-state index is 0.309. The second-order valence-corrected chi connectivity index (χ2v) is 9.91. The lowest BCUT2D eigenvalue weighted by atomic mass is 10.0. The molecule has 0 fully saturated rings. The predicted molar refractivity (Wildman–Crippen MR) is 115 cm³/mol. The van der Waals surface area contributed by atoms with Crippen molar-refractivity contribution >= 4 is 29.0 Å². The van der Waals surface area contributed by atoms with E-state index in [2.05, 4.69) is 38.1 Å². The van der Waals surface area contributed by atoms with Gasteiger partial charge in [0.05, 0.1) is 18.9 Å². The Kier molecular flexibility index (Phi) is 6.54. The minimum atomic E-state index is -3.31. The molecular formula is C22H27O3PS. The van der Waals surface area contributed by atoms with Gasteiger partial charge in [0.1, 0.15) is 0 Å². The smallest absolute Gasteiger partial charge is 0.308 e. The van der Waals surface area contributed by atoms with E-state index in [1.54, 1.807) is 11.3 Å². The van der Waals surface area contributed by atoms with Crippen molar-refractivity contribution in [3.8, 4) is 0 Å². The predicted octanol–water partition coefficient (Wildman–Crippen LogP) is 7.07. The topological polar surface area (TPSA) is 35.5 Å². The average molecular weight is 402 g/mol. The van der Waals surface area contributed by atoms with Crippen LogP contribution in [0.2, 0.25) is 0 Å². The van der Waals surface area contributed by atoms with Gasteiger partial charge < -0.3 is 9.05 Å². The maximum atomic E-state index is 13.8. The summed E-state index contributed by atoms with van der Waals surface area (Å²) in [5.74, 6) is 0. The normalized spacial score (nSPS) is 13.2. The first kappa shape index (κ1) is 20.3. The van der Waals surface area contributed by atoms with E-state index in [1.165, 1.54) is 26.8 Å². The quantitative estimate of drug-likeness (QED) is 0.378. The fourth-order valence-electron chi connectivity index (χ4n) is 3.48. The summed E-state index contributed by atoms with van der Waals surface area (Å²) >= 11 is 1.70. The molecule has 0 aliphatic carbocycles. The van der Waals surface area contributed by atoms with Crippen LogP contribution in [0.3, 0.4) is 0 Å². The second kappa shape index (κ2) is 8.70. The Morgan fingerprint density at radius 2 is 1.59 bits per heavy atom. The van der Waals surface area contributed by atoms with Crippen LogP contribution in [0, 0.1) is 13.8 Å². The number of hydrogen-bond donors (Lipinski definition) is 0. The lowest BCUT2D eigenvalue weighted by molar-refractivity contribution is 0.212. The molecule has 1 atom stereocenters. The monoisotopic (exact) mass is 402 g/mol. The molecule has 3 nitrogen and oxygen atoms in total. The molecular weight excluding hydrogens is 375 g/mol. The van der Waals surface area contributed by atoms with Crippen molar-refractivity contribution in [2.45, 2.75) is 39.8 Å². The van der Waals surface area contributed by atoms with Crippen molar-refractivity contribution in [3.05, 3.63) is 70.1 Å². The first-order valence-electron chi connectivity index (χ1n) is 9.41. The largest absolute Gasteiger partial charge is 0.339 e. The zero-order valence-electron chi connectivity index (χ0n) is 16.4. The lowest BCUT2D eigenvalue weighted by Crippen LogP contribution is -2.10. The summed E-state index contributed by atoms with van der Waals surface area (Å²) in [6, 6.07) is 16.6. The van der Waals surface area contributed by atoms with Crippen LogP contribution in [0.1, 0.15) is 41.1 Å². The molecule has 27 heavy (non-hydrogen) atoms. The highest BCUT2D eigenvalue weighted by Gasteiger charge is 2.39. The molecule has 0 saturated heterocycles. The fraction of sp³-hybridized carbons (Fsp3) is 0.364. The summed E-state index contributed by atoms with van der Waals surface area (Å²) in [7, 11) is -3.31. The van der Waals surface area contributed by atoms with Gasteiger partial charge in [-0.15, -0.1) is 11.3 Å². The van der Waals surface area contributed by atoms with Crippen LogP contribution in [0.25, 0.3) is 10.1 Å². The average Bonchev–Trinajstić information content (AvgIpc) is 2.98. The Morgan fingerprint density at radius 1 is 0.963 bits per heavy atom. The summed E-state index contributed by atoms with van der Waals surface area (Å²) in [4.78, 5) is 1.10. The number of fused-ring (bicyclic) bond motifs is 1. The van der Waals surface area contributed by atoms with Crippen molar-refractivity contribution in [2.24, 2.45) is 0 Å². The third-order valence-electron chi connectivity index (χ3n) is 4.86. The molecule has 2 aromatic carbocycles. The number of rotatable bonds is 8. The van der Waals surface area contributed by atoms with E-state index in [0.29, 0.717) is 19.6 Å². The summed E-state index contributed by atoms with van der Waals surface area (Å²) in [5, 5.41) is 1.21. The number of aryl methyl sites for hydroxylation is 2. The zero-order valence-corrected chi connectivity index (χ0v) is 18.1. The van der Waals surface area contributed by atoms with Gasteiger partial charge in [0.2, 0.25) is 0 Å². The van der Waals surface area contributed by atoms with Crippen LogP contribution in [-0.4, -0.2) is 13.2 Å². The van der Waals surface area contributed by atoms with Gasteiger partial charge in [-0.25, -0.2) is 0 Å². The molecule has 144 valence electrons. The van der Waals surface area contributed by atoms with Crippen molar-refractivity contribution < 1.29 is 13.6 Å². The molecule has 1 heterocycles. The van der Waals surface area contributed by atoms with Gasteiger partial charge in [-0.1, -0.05) is 42.5 Å². The van der Waals surface area contributed by atoms with E-state index in [-0.39, 0.29) is 5.66 Å². The van der Waals surface area contributed by atoms with Crippen molar-refractivity contribution in [2.75, 3.05) is 13.2 Å². The molecule has 0 saturated carbocycles. The Balaban J connectivity index is 2.15. The number of hydrogen-bond acceptors (Lipinski definition) is 4. The van der Waals surface area contributed by atoms with Crippen molar-refractivity contribution in [1.82, 2.24) is 0 Å². The van der Waals surface area contributed by atoms with E-state index in [9.17, 15) is 4.57 Å². The molecule has 0 spiro atoms. The number of benzene rings is 2. The van der Waals surface area contributed by atoms with E-state index in [4.69, 9.17) is 9.05 Å². The summed E-state index contributed by atoms with van der Waals surface area (Å²) in [5.41, 5.74) is 3.24. The van der Waals surface area contributed by atoms with Crippen LogP contribution in [0.15, 0.2) is 48.5 Å². The summed E-state index contributed by atoms with van der Waals surface area (Å²) in [6.07, 6.45) is 0.637. The van der Waals surface area contributed by atoms with Crippen LogP contribution < -0.4 is 0 Å². The highest BCUT2D eigenvalue weighted by atomic mass is 32.1. The van der Waals surface area contributed by atoms with Gasteiger partial charge in [-0.3, -0.25) is 4.57 Å². The molecule has 0 aliphatic rings. The summed E-state index contributed by atoms with van der Waals surface area (Å²) in [6.45, 7) is 8.68. The Labute approximate surface area is 165 Å². The molecule has 0 aliphatic heterocycles. The van der Waals surface area contributed by atoms with Crippen LogP contribution in [0.4, 0.5) is 0 Å². The second-order valence-electron chi connectivity index (χ2n) is 6.61. The summed E-state index contributed by atoms with van der Waals surface area (Å²) < 4.78 is 26.6. The molecule has 5 heteroatoms. The molecule has 3 rings (SSSR count). The van der Waals surface area contributed by atoms with Crippen LogP contribution in [0.5, 0.6) is 0 Å². The third kappa shape index (κ3) is 4.20. The first-order valence-corrected chi connectivity index (χ1v) is 11.8. The standard InChI is InChI=1S/C22H27O3PS/c1-5-24-26(23,25-6-2)20(15-18-12-8-7-11-16(18)3)22-17(4)19-13-9-10-14-21(19)27-22/h7-14,20H,5-6,15H2,1-4H3. The van der Waals surface area contributed by atoms with Gasteiger partial charge in [-0.05, 0) is 62.3 Å².